The monoisotopic (exact) mass is 626 g/mol. The lowest BCUT2D eigenvalue weighted by Crippen LogP contribution is -2.56. The molecule has 1 aromatic rings. The Hall–Kier alpha value is -2.83. The van der Waals surface area contributed by atoms with Gasteiger partial charge in [0.15, 0.2) is 0 Å². The van der Waals surface area contributed by atoms with Gasteiger partial charge in [-0.05, 0) is 77.7 Å². The number of hydrogen-bond acceptors (Lipinski definition) is 9. The van der Waals surface area contributed by atoms with Crippen molar-refractivity contribution in [2.24, 2.45) is 5.92 Å². The van der Waals surface area contributed by atoms with Gasteiger partial charge in [-0.3, -0.25) is 4.79 Å². The maximum absolute atomic E-state index is 13.0. The molecule has 45 heavy (non-hydrogen) atoms. The van der Waals surface area contributed by atoms with Crippen LogP contribution in [0.4, 0.5) is 4.79 Å². The van der Waals surface area contributed by atoms with Gasteiger partial charge in [0.1, 0.15) is 29.7 Å². The van der Waals surface area contributed by atoms with E-state index in [1.54, 1.807) is 7.11 Å². The van der Waals surface area contributed by atoms with Gasteiger partial charge in [0.25, 0.3) is 0 Å². The number of alkyl carbamates (subject to hydrolysis) is 1. The predicted molar refractivity (Wildman–Crippen MR) is 168 cm³/mol. The summed E-state index contributed by atoms with van der Waals surface area (Å²) < 4.78 is 24.3. The molecule has 11 heteroatoms. The average Bonchev–Trinajstić information content (AvgIpc) is 3.94. The van der Waals surface area contributed by atoms with Crippen molar-refractivity contribution >= 4 is 18.3 Å². The Morgan fingerprint density at radius 1 is 1.07 bits per heavy atom. The summed E-state index contributed by atoms with van der Waals surface area (Å²) in [6.45, 7) is 7.05. The Bertz CT molecular complexity index is 1200. The summed E-state index contributed by atoms with van der Waals surface area (Å²) in [5.74, 6) is -0.164. The highest BCUT2D eigenvalue weighted by Crippen LogP contribution is 2.59. The Morgan fingerprint density at radius 2 is 1.76 bits per heavy atom. The number of ether oxygens (including phenoxy) is 4. The number of epoxide rings is 2. The van der Waals surface area contributed by atoms with E-state index in [9.17, 15) is 14.4 Å². The predicted octanol–water partition coefficient (Wildman–Crippen LogP) is 3.12. The third-order valence-corrected chi connectivity index (χ3v) is 9.91. The molecule has 248 valence electrons. The molecular weight excluding hydrogens is 576 g/mol. The van der Waals surface area contributed by atoms with Crippen LogP contribution in [0.3, 0.4) is 0 Å². The molecule has 1 aromatic carbocycles. The minimum atomic E-state index is -0.433. The standard InChI is InChI=1S/C34H50N4O7/c1-22(2)10-15-28-33(3,45-28)31-30(42-4)27(16-17-34(31)21-43-34)44-32(41)37-25-13-11-24(12-14-25)36-29(40)19-35-38-26(20-39)18-23-8-6-5-7-9-23/h5-10,20,24-28,30-31,35,38H,11-19,21H2,1-4H3,(H,36,40)(H,37,41)/t24?,25?,26-,27?,28+,30?,31?,33-,34-/m0/s1. The molecule has 4 aliphatic rings. The lowest BCUT2D eigenvalue weighted by molar-refractivity contribution is -0.121. The van der Waals surface area contributed by atoms with Crippen molar-refractivity contribution in [2.75, 3.05) is 20.3 Å². The fraction of sp³-hybridized carbons (Fsp3) is 0.676. The summed E-state index contributed by atoms with van der Waals surface area (Å²) in [6.07, 6.45) is 7.86. The van der Waals surface area contributed by atoms with Gasteiger partial charge >= 0.3 is 6.09 Å². The fourth-order valence-corrected chi connectivity index (χ4v) is 7.33. The summed E-state index contributed by atoms with van der Waals surface area (Å²) in [4.78, 5) is 37.0. The molecule has 0 bridgehead atoms. The van der Waals surface area contributed by atoms with Gasteiger partial charge in [-0.15, -0.1) is 0 Å². The third-order valence-electron chi connectivity index (χ3n) is 9.91. The number of nitrogens with one attached hydrogen (secondary N) is 4. The molecule has 2 saturated heterocycles. The molecule has 0 radical (unpaired) electrons. The first-order valence-electron chi connectivity index (χ1n) is 16.4. The Morgan fingerprint density at radius 3 is 2.38 bits per heavy atom. The Kier molecular flexibility index (Phi) is 11.0. The lowest BCUT2D eigenvalue weighted by atomic mass is 9.68. The van der Waals surface area contributed by atoms with Crippen molar-refractivity contribution < 1.29 is 33.3 Å². The quantitative estimate of drug-likeness (QED) is 0.106. The lowest BCUT2D eigenvalue weighted by Gasteiger charge is -2.42. The van der Waals surface area contributed by atoms with Crippen molar-refractivity contribution in [3.63, 3.8) is 0 Å². The van der Waals surface area contributed by atoms with Gasteiger partial charge in [0.2, 0.25) is 5.91 Å². The first-order valence-corrected chi connectivity index (χ1v) is 16.4. The summed E-state index contributed by atoms with van der Waals surface area (Å²) in [7, 11) is 1.68. The first-order chi connectivity index (χ1) is 21.7. The molecule has 2 amide bonds. The van der Waals surface area contributed by atoms with Crippen LogP contribution in [-0.4, -0.2) is 86.2 Å². The van der Waals surface area contributed by atoms with Crippen LogP contribution in [0.1, 0.15) is 71.3 Å². The van der Waals surface area contributed by atoms with E-state index in [-0.39, 0.29) is 60.0 Å². The van der Waals surface area contributed by atoms with E-state index < -0.39 is 12.1 Å². The number of carbonyl (C=O) groups excluding carboxylic acids is 3. The summed E-state index contributed by atoms with van der Waals surface area (Å²) in [6, 6.07) is 9.29. The number of carbonyl (C=O) groups is 3. The molecule has 2 saturated carbocycles. The highest BCUT2D eigenvalue weighted by Gasteiger charge is 2.72. The van der Waals surface area contributed by atoms with Crippen LogP contribution in [0.15, 0.2) is 42.0 Å². The van der Waals surface area contributed by atoms with E-state index in [0.717, 1.165) is 50.4 Å². The van der Waals surface area contributed by atoms with Gasteiger partial charge in [-0.2, -0.15) is 0 Å². The number of aldehydes is 1. The normalized spacial score (nSPS) is 34.3. The second kappa shape index (κ2) is 14.7. The van der Waals surface area contributed by atoms with Gasteiger partial charge in [-0.25, -0.2) is 15.6 Å². The fourth-order valence-electron chi connectivity index (χ4n) is 7.33. The van der Waals surface area contributed by atoms with Crippen LogP contribution < -0.4 is 21.5 Å². The van der Waals surface area contributed by atoms with Crippen LogP contribution >= 0.6 is 0 Å². The zero-order valence-electron chi connectivity index (χ0n) is 27.0. The number of allylic oxidation sites excluding steroid dienone is 1. The highest BCUT2D eigenvalue weighted by atomic mass is 16.6. The van der Waals surface area contributed by atoms with E-state index in [1.165, 1.54) is 5.57 Å². The first kappa shape index (κ1) is 33.5. The zero-order valence-corrected chi connectivity index (χ0v) is 27.0. The summed E-state index contributed by atoms with van der Waals surface area (Å²) in [5, 5.41) is 6.10. The van der Waals surface area contributed by atoms with Gasteiger partial charge in [-0.1, -0.05) is 42.0 Å². The molecule has 4 fully saturated rings. The smallest absolute Gasteiger partial charge is 0.407 e. The molecule has 7 atom stereocenters. The second-order valence-corrected chi connectivity index (χ2v) is 13.5. The van der Waals surface area contributed by atoms with E-state index >= 15 is 0 Å². The Labute approximate surface area is 266 Å². The van der Waals surface area contributed by atoms with Crippen molar-refractivity contribution in [3.05, 3.63) is 47.5 Å². The average molecular weight is 627 g/mol. The van der Waals surface area contributed by atoms with Crippen LogP contribution in [0.2, 0.25) is 0 Å². The second-order valence-electron chi connectivity index (χ2n) is 13.5. The highest BCUT2D eigenvalue weighted by molar-refractivity contribution is 5.78. The van der Waals surface area contributed by atoms with Gasteiger partial charge < -0.3 is 34.4 Å². The molecule has 0 aromatic heterocycles. The topological polar surface area (TPSA) is 143 Å². The van der Waals surface area contributed by atoms with Crippen LogP contribution in [0, 0.1) is 5.92 Å². The molecular formula is C34H50N4O7. The molecule has 2 aliphatic carbocycles. The number of rotatable bonds is 14. The number of benzene rings is 1. The van der Waals surface area contributed by atoms with Gasteiger partial charge in [0, 0.05) is 19.2 Å². The molecule has 11 nitrogen and oxygen atoms in total. The number of amides is 2. The minimum absolute atomic E-state index is 0.0194. The Balaban J connectivity index is 1.02. The van der Waals surface area contributed by atoms with Crippen LogP contribution in [-0.2, 0) is 35.0 Å². The minimum Gasteiger partial charge on any atom is -0.443 e. The third kappa shape index (κ3) is 8.51. The molecule has 4 N–H and O–H groups in total. The molecule has 2 heterocycles. The van der Waals surface area contributed by atoms with Crippen molar-refractivity contribution in [2.45, 2.75) is 120 Å². The van der Waals surface area contributed by atoms with E-state index in [1.807, 2.05) is 30.3 Å². The van der Waals surface area contributed by atoms with E-state index in [2.05, 4.69) is 48.3 Å². The largest absolute Gasteiger partial charge is 0.443 e. The van der Waals surface area contributed by atoms with E-state index in [0.29, 0.717) is 19.4 Å². The maximum atomic E-state index is 13.0. The molecule has 5 rings (SSSR count). The van der Waals surface area contributed by atoms with Crippen molar-refractivity contribution in [1.82, 2.24) is 21.5 Å². The number of methoxy groups -OCH3 is 1. The van der Waals surface area contributed by atoms with Crippen molar-refractivity contribution in [1.29, 1.82) is 0 Å². The molecule has 3 unspecified atom stereocenters. The van der Waals surface area contributed by atoms with Crippen LogP contribution in [0.5, 0.6) is 0 Å². The number of hydrazine groups is 1. The van der Waals surface area contributed by atoms with Gasteiger partial charge in [0.05, 0.1) is 31.2 Å². The zero-order chi connectivity index (χ0) is 32.0. The number of hydrogen-bond donors (Lipinski definition) is 4. The van der Waals surface area contributed by atoms with Crippen LogP contribution in [0.25, 0.3) is 0 Å². The van der Waals surface area contributed by atoms with Crippen molar-refractivity contribution in [3.8, 4) is 0 Å². The van der Waals surface area contributed by atoms with E-state index in [4.69, 9.17) is 18.9 Å². The molecule has 1 spiro atoms. The maximum Gasteiger partial charge on any atom is 0.407 e. The summed E-state index contributed by atoms with van der Waals surface area (Å²) >= 11 is 0. The molecule has 2 aliphatic heterocycles. The SMILES string of the molecule is COC1C(OC(=O)NC2CCC(NC(=O)CNN[C@H](C=O)Cc3ccccc3)CC2)CC[C@]2(CO2)C1[C@@]1(C)O[C@@H]1CC=C(C)C. The summed E-state index contributed by atoms with van der Waals surface area (Å²) in [5.41, 5.74) is 7.45.